The Labute approximate surface area is 87.5 Å². The molecule has 0 radical (unpaired) electrons. The van der Waals surface area contributed by atoms with Crippen LogP contribution in [0.5, 0.6) is 0 Å². The molecule has 0 aromatic carbocycles. The van der Waals surface area contributed by atoms with Crippen LogP contribution in [0.1, 0.15) is 19.4 Å². The average Bonchev–Trinajstić information content (AvgIpc) is 2.67. The zero-order valence-electron chi connectivity index (χ0n) is 8.59. The molecule has 0 saturated carbocycles. The van der Waals surface area contributed by atoms with Gasteiger partial charge in [0, 0.05) is 6.54 Å². The molecule has 2 unspecified atom stereocenters. The van der Waals surface area contributed by atoms with Crippen LogP contribution >= 0.6 is 0 Å². The van der Waals surface area contributed by atoms with Crippen molar-refractivity contribution in [2.75, 3.05) is 13.1 Å². The first-order valence-corrected chi connectivity index (χ1v) is 5.07. The first-order chi connectivity index (χ1) is 7.18. The van der Waals surface area contributed by atoms with Crippen LogP contribution in [-0.4, -0.2) is 27.6 Å². The van der Waals surface area contributed by atoms with E-state index in [4.69, 9.17) is 0 Å². The summed E-state index contributed by atoms with van der Waals surface area (Å²) >= 11 is 0. The van der Waals surface area contributed by atoms with Crippen LogP contribution in [0.2, 0.25) is 0 Å². The summed E-state index contributed by atoms with van der Waals surface area (Å²) in [5.41, 5.74) is 0. The highest BCUT2D eigenvalue weighted by atomic mass is 16.6. The molecule has 1 aromatic heterocycles. The van der Waals surface area contributed by atoms with E-state index in [1.165, 1.54) is 6.20 Å². The van der Waals surface area contributed by atoms with Gasteiger partial charge in [0.05, 0.1) is 6.04 Å². The van der Waals surface area contributed by atoms with Gasteiger partial charge in [0.15, 0.2) is 0 Å². The Morgan fingerprint density at radius 3 is 3.13 bits per heavy atom. The van der Waals surface area contributed by atoms with Crippen molar-refractivity contribution in [3.8, 4) is 0 Å². The number of rotatable bonds is 2. The molecule has 1 aliphatic rings. The Bertz CT molecular complexity index is 363. The number of nitrogens with zero attached hydrogens (tertiary/aromatic N) is 3. The van der Waals surface area contributed by atoms with Crippen LogP contribution < -0.4 is 5.32 Å². The van der Waals surface area contributed by atoms with Gasteiger partial charge in [0.25, 0.3) is 0 Å². The van der Waals surface area contributed by atoms with Gasteiger partial charge in [-0.15, -0.1) is 0 Å². The minimum Gasteiger partial charge on any atom is -0.358 e. The van der Waals surface area contributed by atoms with Crippen molar-refractivity contribution >= 4 is 5.82 Å². The molecular weight excluding hydrogens is 196 g/mol. The maximum Gasteiger partial charge on any atom is 0.381 e. The van der Waals surface area contributed by atoms with E-state index in [-0.39, 0.29) is 11.9 Å². The highest BCUT2D eigenvalue weighted by Crippen LogP contribution is 2.24. The average molecular weight is 210 g/mol. The van der Waals surface area contributed by atoms with Gasteiger partial charge in [-0.2, -0.15) is 0 Å². The SMILES string of the molecule is CC1CCNCC1n1cnc([N+](=O)[O-])c1. The van der Waals surface area contributed by atoms with Crippen molar-refractivity contribution in [1.29, 1.82) is 0 Å². The second kappa shape index (κ2) is 3.98. The number of nitrogens with one attached hydrogen (secondary N) is 1. The molecule has 2 heterocycles. The molecule has 1 aliphatic heterocycles. The third kappa shape index (κ3) is 1.99. The first kappa shape index (κ1) is 10.1. The van der Waals surface area contributed by atoms with Gasteiger partial charge in [-0.25, -0.2) is 0 Å². The maximum absolute atomic E-state index is 10.5. The van der Waals surface area contributed by atoms with Gasteiger partial charge in [0.1, 0.15) is 6.20 Å². The molecule has 0 amide bonds. The van der Waals surface area contributed by atoms with Gasteiger partial charge < -0.3 is 20.0 Å². The van der Waals surface area contributed by atoms with Crippen molar-refractivity contribution in [2.45, 2.75) is 19.4 Å². The highest BCUT2D eigenvalue weighted by Gasteiger charge is 2.24. The van der Waals surface area contributed by atoms with E-state index >= 15 is 0 Å². The third-order valence-electron chi connectivity index (χ3n) is 2.94. The summed E-state index contributed by atoms with van der Waals surface area (Å²) in [7, 11) is 0. The molecule has 0 bridgehead atoms. The molecule has 6 nitrogen and oxygen atoms in total. The second-order valence-electron chi connectivity index (χ2n) is 3.97. The Kier molecular flexibility index (Phi) is 2.68. The number of hydrogen-bond donors (Lipinski definition) is 1. The van der Waals surface area contributed by atoms with Gasteiger partial charge in [-0.05, 0) is 28.8 Å². The molecule has 2 atom stereocenters. The molecule has 6 heteroatoms. The fraction of sp³-hybridized carbons (Fsp3) is 0.667. The Morgan fingerprint density at radius 1 is 1.73 bits per heavy atom. The van der Waals surface area contributed by atoms with E-state index in [1.54, 1.807) is 6.33 Å². The van der Waals surface area contributed by atoms with Crippen molar-refractivity contribution in [3.63, 3.8) is 0 Å². The standard InChI is InChI=1S/C9H14N4O2/c1-7-2-3-10-4-8(7)12-5-9(11-6-12)13(14)15/h5-8,10H,2-4H2,1H3. The number of nitro groups is 1. The molecule has 1 saturated heterocycles. The molecule has 1 fully saturated rings. The smallest absolute Gasteiger partial charge is 0.358 e. The summed E-state index contributed by atoms with van der Waals surface area (Å²) in [5.74, 6) is 0.452. The van der Waals surface area contributed by atoms with Crippen LogP contribution in [0.3, 0.4) is 0 Å². The predicted molar refractivity (Wildman–Crippen MR) is 54.6 cm³/mol. The zero-order chi connectivity index (χ0) is 10.8. The summed E-state index contributed by atoms with van der Waals surface area (Å²) in [6.07, 6.45) is 4.15. The normalized spacial score (nSPS) is 26.5. The fourth-order valence-corrected chi connectivity index (χ4v) is 1.97. The Hall–Kier alpha value is -1.43. The molecule has 0 spiro atoms. The summed E-state index contributed by atoms with van der Waals surface area (Å²) in [6.45, 7) is 4.04. The Balaban J connectivity index is 2.17. The third-order valence-corrected chi connectivity index (χ3v) is 2.94. The first-order valence-electron chi connectivity index (χ1n) is 5.07. The lowest BCUT2D eigenvalue weighted by molar-refractivity contribution is -0.389. The van der Waals surface area contributed by atoms with Gasteiger partial charge in [-0.1, -0.05) is 6.92 Å². The minimum atomic E-state index is -0.461. The highest BCUT2D eigenvalue weighted by molar-refractivity contribution is 5.13. The topological polar surface area (TPSA) is 73.0 Å². The number of hydrogen-bond acceptors (Lipinski definition) is 4. The molecule has 15 heavy (non-hydrogen) atoms. The van der Waals surface area contributed by atoms with E-state index in [0.717, 1.165) is 19.5 Å². The fourth-order valence-electron chi connectivity index (χ4n) is 1.97. The molecule has 1 N–H and O–H groups in total. The Morgan fingerprint density at radius 2 is 2.53 bits per heavy atom. The van der Waals surface area contributed by atoms with Crippen molar-refractivity contribution in [1.82, 2.24) is 14.9 Å². The number of piperidine rings is 1. The van der Waals surface area contributed by atoms with Crippen LogP contribution in [-0.2, 0) is 0 Å². The monoisotopic (exact) mass is 210 g/mol. The predicted octanol–water partition coefficient (Wildman–Crippen LogP) is 0.962. The van der Waals surface area contributed by atoms with Crippen molar-refractivity contribution < 1.29 is 4.92 Å². The molecular formula is C9H14N4O2. The van der Waals surface area contributed by atoms with Crippen molar-refractivity contribution in [3.05, 3.63) is 22.6 Å². The van der Waals surface area contributed by atoms with Crippen LogP contribution in [0.25, 0.3) is 0 Å². The molecule has 1 aromatic rings. The van der Waals surface area contributed by atoms with E-state index < -0.39 is 4.92 Å². The van der Waals surface area contributed by atoms with E-state index in [2.05, 4.69) is 17.2 Å². The second-order valence-corrected chi connectivity index (χ2v) is 3.97. The summed E-state index contributed by atoms with van der Waals surface area (Å²) in [6, 6.07) is 0.278. The largest absolute Gasteiger partial charge is 0.381 e. The van der Waals surface area contributed by atoms with Crippen LogP contribution in [0.4, 0.5) is 5.82 Å². The summed E-state index contributed by atoms with van der Waals surface area (Å²) in [5, 5.41) is 13.8. The lowest BCUT2D eigenvalue weighted by atomic mass is 9.95. The lowest BCUT2D eigenvalue weighted by Crippen LogP contribution is -2.36. The molecule has 0 aliphatic carbocycles. The van der Waals surface area contributed by atoms with Crippen LogP contribution in [0, 0.1) is 16.0 Å². The number of aromatic nitrogens is 2. The van der Waals surface area contributed by atoms with E-state index in [9.17, 15) is 10.1 Å². The lowest BCUT2D eigenvalue weighted by Gasteiger charge is -2.29. The van der Waals surface area contributed by atoms with Gasteiger partial charge in [0.2, 0.25) is 6.33 Å². The summed E-state index contributed by atoms with van der Waals surface area (Å²) in [4.78, 5) is 13.8. The summed E-state index contributed by atoms with van der Waals surface area (Å²) < 4.78 is 1.84. The van der Waals surface area contributed by atoms with E-state index in [1.807, 2.05) is 4.57 Å². The van der Waals surface area contributed by atoms with E-state index in [0.29, 0.717) is 5.92 Å². The van der Waals surface area contributed by atoms with Crippen molar-refractivity contribution in [2.24, 2.45) is 5.92 Å². The molecule has 2 rings (SSSR count). The number of imidazole rings is 1. The quantitative estimate of drug-likeness (QED) is 0.583. The van der Waals surface area contributed by atoms with Crippen LogP contribution in [0.15, 0.2) is 12.5 Å². The minimum absolute atomic E-state index is 0.0761. The van der Waals surface area contributed by atoms with Gasteiger partial charge in [-0.3, -0.25) is 0 Å². The maximum atomic E-state index is 10.5. The zero-order valence-corrected chi connectivity index (χ0v) is 8.59. The molecule has 82 valence electrons. The van der Waals surface area contributed by atoms with Gasteiger partial charge >= 0.3 is 5.82 Å².